The molecule has 1 aliphatic heterocycles. The molecule has 1 saturated heterocycles. The summed E-state index contributed by atoms with van der Waals surface area (Å²) < 4.78 is 0. The quantitative estimate of drug-likeness (QED) is 0.319. The number of nitrogens with zero attached hydrogens (tertiary/aromatic N) is 6. The number of aryl methyl sites for hydroxylation is 1. The monoisotopic (exact) mass is 475 g/mol. The van der Waals surface area contributed by atoms with Crippen LogP contribution in [0, 0.1) is 17.0 Å². The van der Waals surface area contributed by atoms with E-state index in [1.165, 1.54) is 6.33 Å². The highest BCUT2D eigenvalue weighted by Crippen LogP contribution is 2.35. The van der Waals surface area contributed by atoms with Crippen molar-refractivity contribution in [3.63, 3.8) is 0 Å². The summed E-state index contributed by atoms with van der Waals surface area (Å²) in [5, 5.41) is 16.9. The van der Waals surface area contributed by atoms with E-state index in [9.17, 15) is 10.1 Å². The van der Waals surface area contributed by atoms with Crippen LogP contribution >= 0.6 is 11.6 Å². The molecule has 0 spiro atoms. The van der Waals surface area contributed by atoms with Crippen LogP contribution < -0.4 is 15.1 Å². The number of piperazine rings is 1. The van der Waals surface area contributed by atoms with Gasteiger partial charge >= 0.3 is 5.69 Å². The maximum absolute atomic E-state index is 12.1. The van der Waals surface area contributed by atoms with Crippen molar-refractivity contribution in [3.05, 3.63) is 81.8 Å². The molecular weight excluding hydrogens is 454 g/mol. The molecule has 0 amide bonds. The van der Waals surface area contributed by atoms with E-state index in [1.807, 2.05) is 66.4 Å². The molecule has 0 saturated carbocycles. The van der Waals surface area contributed by atoms with Crippen molar-refractivity contribution in [2.24, 2.45) is 0 Å². The fourth-order valence-corrected chi connectivity index (χ4v) is 4.37. The number of nitro groups is 1. The number of halogens is 1. The van der Waals surface area contributed by atoms with E-state index in [0.717, 1.165) is 22.3 Å². The fraction of sp³-hybridized carbons (Fsp3) is 0.208. The molecule has 2 aromatic carbocycles. The lowest BCUT2D eigenvalue weighted by Crippen LogP contribution is -2.47. The number of fused-ring (bicyclic) bond motifs is 1. The summed E-state index contributed by atoms with van der Waals surface area (Å²) >= 11 is 6.13. The summed E-state index contributed by atoms with van der Waals surface area (Å²) in [6.07, 6.45) is 1.36. The Morgan fingerprint density at radius 3 is 2.53 bits per heavy atom. The number of benzene rings is 2. The fourth-order valence-electron chi connectivity index (χ4n) is 4.18. The largest absolute Gasteiger partial charge is 0.368 e. The molecule has 0 bridgehead atoms. The zero-order valence-electron chi connectivity index (χ0n) is 18.5. The predicted molar refractivity (Wildman–Crippen MR) is 134 cm³/mol. The van der Waals surface area contributed by atoms with Crippen LogP contribution in [0.5, 0.6) is 0 Å². The first kappa shape index (κ1) is 21.8. The minimum atomic E-state index is -0.426. The molecule has 10 heteroatoms. The van der Waals surface area contributed by atoms with Gasteiger partial charge in [0.25, 0.3) is 0 Å². The van der Waals surface area contributed by atoms with Crippen LogP contribution in [-0.2, 0) is 0 Å². The molecule has 0 aliphatic carbocycles. The minimum Gasteiger partial charge on any atom is -0.368 e. The molecule has 4 aromatic rings. The Labute approximate surface area is 201 Å². The van der Waals surface area contributed by atoms with E-state index in [2.05, 4.69) is 25.2 Å². The van der Waals surface area contributed by atoms with Gasteiger partial charge < -0.3 is 15.1 Å². The molecule has 2 aromatic heterocycles. The topological polar surface area (TPSA) is 100 Å². The molecule has 5 rings (SSSR count). The number of rotatable bonds is 5. The number of pyridine rings is 1. The maximum Gasteiger partial charge on any atom is 0.353 e. The second-order valence-electron chi connectivity index (χ2n) is 8.06. The van der Waals surface area contributed by atoms with Gasteiger partial charge in [-0.1, -0.05) is 35.9 Å². The zero-order valence-corrected chi connectivity index (χ0v) is 19.2. The standard InChI is InChI=1S/C24H22ClN7O2/c1-16-8-9-17-4-2-7-20(21(17)28-16)29-23-22(32(33)34)24(27-15-26-23)31-12-10-30(11-13-31)19-6-3-5-18(25)14-19/h2-9,14-15H,10-13H2,1H3,(H,26,27,29). The third kappa shape index (κ3) is 4.29. The van der Waals surface area contributed by atoms with Gasteiger partial charge in [0.15, 0.2) is 0 Å². The maximum atomic E-state index is 12.1. The predicted octanol–water partition coefficient (Wildman–Crippen LogP) is 4.97. The van der Waals surface area contributed by atoms with Gasteiger partial charge in [0.05, 0.1) is 16.1 Å². The molecule has 9 nitrogen and oxygen atoms in total. The van der Waals surface area contributed by atoms with Gasteiger partial charge in [-0.25, -0.2) is 9.97 Å². The highest BCUT2D eigenvalue weighted by Gasteiger charge is 2.29. The Kier molecular flexibility index (Phi) is 5.85. The van der Waals surface area contributed by atoms with Crippen molar-refractivity contribution in [2.45, 2.75) is 6.92 Å². The molecule has 1 fully saturated rings. The van der Waals surface area contributed by atoms with Crippen LogP contribution in [0.25, 0.3) is 10.9 Å². The summed E-state index contributed by atoms with van der Waals surface area (Å²) in [5.74, 6) is 0.445. The van der Waals surface area contributed by atoms with E-state index in [0.29, 0.717) is 42.7 Å². The molecule has 172 valence electrons. The summed E-state index contributed by atoms with van der Waals surface area (Å²) in [6.45, 7) is 4.45. The first-order valence-corrected chi connectivity index (χ1v) is 11.3. The molecule has 34 heavy (non-hydrogen) atoms. The Morgan fingerprint density at radius 1 is 1.00 bits per heavy atom. The van der Waals surface area contributed by atoms with Gasteiger partial charge in [0, 0.05) is 48.0 Å². The summed E-state index contributed by atoms with van der Waals surface area (Å²) in [5.41, 5.74) is 3.12. The third-order valence-corrected chi connectivity index (χ3v) is 6.09. The van der Waals surface area contributed by atoms with E-state index in [-0.39, 0.29) is 11.5 Å². The summed E-state index contributed by atoms with van der Waals surface area (Å²) in [4.78, 5) is 28.9. The lowest BCUT2D eigenvalue weighted by atomic mass is 10.1. The van der Waals surface area contributed by atoms with Gasteiger partial charge in [-0.15, -0.1) is 0 Å². The number of aromatic nitrogens is 3. The molecule has 0 unspecified atom stereocenters. The molecule has 3 heterocycles. The first-order valence-electron chi connectivity index (χ1n) is 10.9. The van der Waals surface area contributed by atoms with Gasteiger partial charge in [-0.05, 0) is 37.3 Å². The van der Waals surface area contributed by atoms with E-state index in [1.54, 1.807) is 0 Å². The van der Waals surface area contributed by atoms with Gasteiger partial charge in [-0.3, -0.25) is 15.1 Å². The van der Waals surface area contributed by atoms with Crippen LogP contribution in [0.2, 0.25) is 5.02 Å². The van der Waals surface area contributed by atoms with Crippen LogP contribution in [0.15, 0.2) is 60.9 Å². The number of hydrogen-bond acceptors (Lipinski definition) is 8. The van der Waals surface area contributed by atoms with Crippen LogP contribution in [0.4, 0.5) is 28.7 Å². The molecule has 0 radical (unpaired) electrons. The van der Waals surface area contributed by atoms with Crippen molar-refractivity contribution in [1.82, 2.24) is 15.0 Å². The molecule has 1 aliphatic rings. The van der Waals surface area contributed by atoms with Crippen molar-refractivity contribution in [2.75, 3.05) is 41.3 Å². The van der Waals surface area contributed by atoms with Gasteiger partial charge in [-0.2, -0.15) is 0 Å². The summed E-state index contributed by atoms with van der Waals surface area (Å²) in [6, 6.07) is 17.3. The SMILES string of the molecule is Cc1ccc2cccc(Nc3ncnc(N4CCN(c5cccc(Cl)c5)CC4)c3[N+](=O)[O-])c2n1. The third-order valence-electron chi connectivity index (χ3n) is 5.85. The zero-order chi connectivity index (χ0) is 23.7. The van der Waals surface area contributed by atoms with Crippen molar-refractivity contribution in [3.8, 4) is 0 Å². The average molecular weight is 476 g/mol. The Morgan fingerprint density at radius 2 is 1.76 bits per heavy atom. The van der Waals surface area contributed by atoms with Gasteiger partial charge in [0.2, 0.25) is 11.6 Å². The molecule has 0 atom stereocenters. The Bertz CT molecular complexity index is 1370. The highest BCUT2D eigenvalue weighted by atomic mass is 35.5. The molecular formula is C24H22ClN7O2. The van der Waals surface area contributed by atoms with Crippen LogP contribution in [0.1, 0.15) is 5.69 Å². The highest BCUT2D eigenvalue weighted by molar-refractivity contribution is 6.30. The Hall–Kier alpha value is -3.98. The first-order chi connectivity index (χ1) is 16.5. The molecule has 1 N–H and O–H groups in total. The van der Waals surface area contributed by atoms with Crippen molar-refractivity contribution < 1.29 is 4.92 Å². The van der Waals surface area contributed by atoms with Crippen LogP contribution in [-0.4, -0.2) is 46.1 Å². The lowest BCUT2D eigenvalue weighted by Gasteiger charge is -2.36. The lowest BCUT2D eigenvalue weighted by molar-refractivity contribution is -0.383. The second kappa shape index (κ2) is 9.11. The van der Waals surface area contributed by atoms with Crippen molar-refractivity contribution in [1.29, 1.82) is 0 Å². The summed E-state index contributed by atoms with van der Waals surface area (Å²) in [7, 11) is 0. The second-order valence-corrected chi connectivity index (χ2v) is 8.50. The van der Waals surface area contributed by atoms with Gasteiger partial charge in [0.1, 0.15) is 6.33 Å². The van der Waals surface area contributed by atoms with E-state index in [4.69, 9.17) is 11.6 Å². The normalized spacial score (nSPS) is 13.8. The number of anilines is 4. The smallest absolute Gasteiger partial charge is 0.353 e. The van der Waals surface area contributed by atoms with Crippen LogP contribution in [0.3, 0.4) is 0 Å². The van der Waals surface area contributed by atoms with E-state index < -0.39 is 4.92 Å². The number of para-hydroxylation sites is 1. The number of nitrogens with one attached hydrogen (secondary N) is 1. The number of hydrogen-bond donors (Lipinski definition) is 1. The average Bonchev–Trinajstić information content (AvgIpc) is 2.84. The van der Waals surface area contributed by atoms with Crippen molar-refractivity contribution >= 4 is 51.2 Å². The minimum absolute atomic E-state index is 0.142. The van der Waals surface area contributed by atoms with E-state index >= 15 is 0 Å². The Balaban J connectivity index is 1.43.